The van der Waals surface area contributed by atoms with Gasteiger partial charge in [-0.25, -0.2) is 0 Å². The first-order valence-corrected chi connectivity index (χ1v) is 7.19. The minimum absolute atomic E-state index is 0.0526. The summed E-state index contributed by atoms with van der Waals surface area (Å²) in [6.07, 6.45) is 1.36. The van der Waals surface area contributed by atoms with Crippen LogP contribution < -0.4 is 5.32 Å². The molecule has 0 saturated carbocycles. The lowest BCUT2D eigenvalue weighted by Gasteiger charge is -2.21. The van der Waals surface area contributed by atoms with Crippen LogP contribution in [-0.2, 0) is 11.2 Å². The Kier molecular flexibility index (Phi) is 4.73. The molecule has 1 heterocycles. The summed E-state index contributed by atoms with van der Waals surface area (Å²) in [5, 5.41) is 6.85. The summed E-state index contributed by atoms with van der Waals surface area (Å²) in [4.78, 5) is 16.3. The Morgan fingerprint density at radius 1 is 1.29 bits per heavy atom. The van der Waals surface area contributed by atoms with E-state index in [2.05, 4.69) is 15.5 Å². The number of hydrogen-bond donors (Lipinski definition) is 1. The second kappa shape index (κ2) is 6.52. The van der Waals surface area contributed by atoms with Crippen molar-refractivity contribution in [3.8, 4) is 11.5 Å². The number of nitrogens with zero attached hydrogens (tertiary/aromatic N) is 2. The Labute approximate surface area is 124 Å². The van der Waals surface area contributed by atoms with Crippen molar-refractivity contribution in [1.82, 2.24) is 15.5 Å². The van der Waals surface area contributed by atoms with Gasteiger partial charge in [-0.05, 0) is 18.6 Å². The van der Waals surface area contributed by atoms with E-state index in [0.717, 1.165) is 12.0 Å². The molecule has 0 bridgehead atoms. The maximum atomic E-state index is 11.9. The molecule has 5 heteroatoms. The van der Waals surface area contributed by atoms with Gasteiger partial charge in [-0.15, -0.1) is 0 Å². The summed E-state index contributed by atoms with van der Waals surface area (Å²) in [6.45, 7) is 6.38. The molecule has 0 fully saturated rings. The zero-order valence-corrected chi connectivity index (χ0v) is 12.7. The Morgan fingerprint density at radius 3 is 2.67 bits per heavy atom. The van der Waals surface area contributed by atoms with Gasteiger partial charge in [0.15, 0.2) is 5.82 Å². The summed E-state index contributed by atoms with van der Waals surface area (Å²) in [6, 6.07) is 9.62. The molecule has 5 nitrogen and oxygen atoms in total. The lowest BCUT2D eigenvalue weighted by molar-refractivity contribution is -0.129. The molecule has 1 N–H and O–H groups in total. The lowest BCUT2D eigenvalue weighted by atomic mass is 9.89. The molecule has 2 rings (SSSR count). The minimum Gasteiger partial charge on any atom is -0.355 e. The number of nitrogens with one attached hydrogen (secondary N) is 1. The SMILES string of the molecule is CCC(C)(C)C(=O)NCCc1noc(-c2ccccc2)n1. The van der Waals surface area contributed by atoms with Crippen molar-refractivity contribution in [2.45, 2.75) is 33.6 Å². The molecule has 0 aliphatic rings. The number of carbonyl (C=O) groups is 1. The van der Waals surface area contributed by atoms with E-state index >= 15 is 0 Å². The molecule has 0 aliphatic heterocycles. The van der Waals surface area contributed by atoms with E-state index in [1.165, 1.54) is 0 Å². The van der Waals surface area contributed by atoms with Gasteiger partial charge in [0, 0.05) is 23.9 Å². The quantitative estimate of drug-likeness (QED) is 0.887. The standard InChI is InChI=1S/C16H21N3O2/c1-4-16(2,3)15(20)17-11-10-13-18-14(21-19-13)12-8-6-5-7-9-12/h5-9H,4,10-11H2,1-3H3,(H,17,20). The number of benzene rings is 1. The summed E-state index contributed by atoms with van der Waals surface area (Å²) in [5.74, 6) is 1.16. The van der Waals surface area contributed by atoms with Gasteiger partial charge in [0.2, 0.25) is 5.91 Å². The van der Waals surface area contributed by atoms with Crippen LogP contribution in [0.15, 0.2) is 34.9 Å². The van der Waals surface area contributed by atoms with Crippen LogP contribution in [0.5, 0.6) is 0 Å². The van der Waals surface area contributed by atoms with Gasteiger partial charge >= 0.3 is 0 Å². The van der Waals surface area contributed by atoms with Gasteiger partial charge in [-0.1, -0.05) is 44.1 Å². The van der Waals surface area contributed by atoms with Crippen LogP contribution in [0, 0.1) is 5.41 Å². The van der Waals surface area contributed by atoms with Crippen molar-refractivity contribution >= 4 is 5.91 Å². The van der Waals surface area contributed by atoms with Crippen molar-refractivity contribution in [2.75, 3.05) is 6.54 Å². The first-order valence-electron chi connectivity index (χ1n) is 7.19. The fourth-order valence-corrected chi connectivity index (χ4v) is 1.74. The van der Waals surface area contributed by atoms with Crippen LogP contribution in [0.2, 0.25) is 0 Å². The Balaban J connectivity index is 1.88. The second-order valence-electron chi connectivity index (χ2n) is 5.63. The summed E-state index contributed by atoms with van der Waals surface area (Å²) < 4.78 is 5.22. The Bertz CT molecular complexity index is 591. The largest absolute Gasteiger partial charge is 0.355 e. The molecule has 0 atom stereocenters. The third-order valence-corrected chi connectivity index (χ3v) is 3.62. The zero-order chi connectivity index (χ0) is 15.3. The van der Waals surface area contributed by atoms with E-state index in [1.807, 2.05) is 51.1 Å². The summed E-state index contributed by atoms with van der Waals surface area (Å²) >= 11 is 0. The molecule has 2 aromatic rings. The fraction of sp³-hybridized carbons (Fsp3) is 0.438. The molecule has 112 valence electrons. The van der Waals surface area contributed by atoms with Gasteiger partial charge in [-0.3, -0.25) is 4.79 Å². The first-order chi connectivity index (χ1) is 10.0. The molecular formula is C16H21N3O2. The van der Waals surface area contributed by atoms with Crippen molar-refractivity contribution in [3.05, 3.63) is 36.2 Å². The normalized spacial score (nSPS) is 11.4. The number of rotatable bonds is 6. The highest BCUT2D eigenvalue weighted by Gasteiger charge is 2.24. The highest BCUT2D eigenvalue weighted by molar-refractivity contribution is 5.81. The predicted molar refractivity (Wildman–Crippen MR) is 80.5 cm³/mol. The number of amides is 1. The lowest BCUT2D eigenvalue weighted by Crippen LogP contribution is -2.37. The third-order valence-electron chi connectivity index (χ3n) is 3.62. The maximum Gasteiger partial charge on any atom is 0.257 e. The average molecular weight is 287 g/mol. The van der Waals surface area contributed by atoms with Gasteiger partial charge in [0.1, 0.15) is 0 Å². The van der Waals surface area contributed by atoms with Crippen molar-refractivity contribution in [1.29, 1.82) is 0 Å². The van der Waals surface area contributed by atoms with Crippen LogP contribution in [0.25, 0.3) is 11.5 Å². The molecular weight excluding hydrogens is 266 g/mol. The Hall–Kier alpha value is -2.17. The topological polar surface area (TPSA) is 68.0 Å². The number of aromatic nitrogens is 2. The number of hydrogen-bond acceptors (Lipinski definition) is 4. The smallest absolute Gasteiger partial charge is 0.257 e. The molecule has 21 heavy (non-hydrogen) atoms. The van der Waals surface area contributed by atoms with Crippen LogP contribution in [0.3, 0.4) is 0 Å². The van der Waals surface area contributed by atoms with Gasteiger partial charge in [-0.2, -0.15) is 4.98 Å². The predicted octanol–water partition coefficient (Wildman–Crippen LogP) is 2.83. The monoisotopic (exact) mass is 287 g/mol. The molecule has 0 aliphatic carbocycles. The van der Waals surface area contributed by atoms with E-state index < -0.39 is 0 Å². The molecule has 0 unspecified atom stereocenters. The van der Waals surface area contributed by atoms with Crippen LogP contribution in [0.1, 0.15) is 33.0 Å². The van der Waals surface area contributed by atoms with E-state index in [1.54, 1.807) is 0 Å². The van der Waals surface area contributed by atoms with Crippen LogP contribution >= 0.6 is 0 Å². The number of carbonyl (C=O) groups excluding carboxylic acids is 1. The van der Waals surface area contributed by atoms with Crippen molar-refractivity contribution in [3.63, 3.8) is 0 Å². The van der Waals surface area contributed by atoms with E-state index in [4.69, 9.17) is 4.52 Å². The first kappa shape index (κ1) is 15.2. The highest BCUT2D eigenvalue weighted by atomic mass is 16.5. The van der Waals surface area contributed by atoms with Gasteiger partial charge < -0.3 is 9.84 Å². The van der Waals surface area contributed by atoms with Gasteiger partial charge in [0.25, 0.3) is 5.89 Å². The van der Waals surface area contributed by atoms with E-state index in [9.17, 15) is 4.79 Å². The average Bonchev–Trinajstić information content (AvgIpc) is 2.97. The maximum absolute atomic E-state index is 11.9. The fourth-order valence-electron chi connectivity index (χ4n) is 1.74. The van der Waals surface area contributed by atoms with Crippen molar-refractivity contribution < 1.29 is 9.32 Å². The molecule has 1 aromatic heterocycles. The Morgan fingerprint density at radius 2 is 2.00 bits per heavy atom. The van der Waals surface area contributed by atoms with Crippen LogP contribution in [0.4, 0.5) is 0 Å². The van der Waals surface area contributed by atoms with E-state index in [0.29, 0.717) is 24.7 Å². The molecule has 0 radical (unpaired) electrons. The van der Waals surface area contributed by atoms with Crippen LogP contribution in [-0.4, -0.2) is 22.6 Å². The molecule has 1 amide bonds. The minimum atomic E-state index is -0.341. The van der Waals surface area contributed by atoms with Crippen molar-refractivity contribution in [2.24, 2.45) is 5.41 Å². The highest BCUT2D eigenvalue weighted by Crippen LogP contribution is 2.19. The third kappa shape index (κ3) is 3.90. The zero-order valence-electron chi connectivity index (χ0n) is 12.7. The molecule has 1 aromatic carbocycles. The molecule has 0 saturated heterocycles. The molecule has 0 spiro atoms. The summed E-state index contributed by atoms with van der Waals surface area (Å²) in [5.41, 5.74) is 0.555. The van der Waals surface area contributed by atoms with Gasteiger partial charge in [0.05, 0.1) is 0 Å². The summed E-state index contributed by atoms with van der Waals surface area (Å²) in [7, 11) is 0. The second-order valence-corrected chi connectivity index (χ2v) is 5.63. The van der Waals surface area contributed by atoms with E-state index in [-0.39, 0.29) is 11.3 Å².